The summed E-state index contributed by atoms with van der Waals surface area (Å²) in [6.45, 7) is 0. The summed E-state index contributed by atoms with van der Waals surface area (Å²) in [5.74, 6) is 1.85. The number of H-pyrrole nitrogens is 2. The van der Waals surface area contributed by atoms with Crippen LogP contribution in [0, 0.1) is 0 Å². The van der Waals surface area contributed by atoms with Crippen molar-refractivity contribution in [2.75, 3.05) is 0 Å². The maximum Gasteiger partial charge on any atom is 0.517 e. The van der Waals surface area contributed by atoms with Crippen LogP contribution in [0.5, 0.6) is 0 Å². The Labute approximate surface area is 270 Å². The second kappa shape index (κ2) is 10.2. The van der Waals surface area contributed by atoms with Gasteiger partial charge in [0.25, 0.3) is 0 Å². The second-order valence-electron chi connectivity index (χ2n) is 10.9. The highest BCUT2D eigenvalue weighted by Crippen LogP contribution is 2.36. The van der Waals surface area contributed by atoms with Crippen molar-refractivity contribution < 1.29 is 12.2 Å². The maximum absolute atomic E-state index is 12.6. The molecule has 0 saturated heterocycles. The Kier molecular flexibility index (Phi) is 6.08. The molecule has 2 aliphatic rings. The first-order valence-electron chi connectivity index (χ1n) is 14.2. The Bertz CT molecular complexity index is 2710. The van der Waals surface area contributed by atoms with Gasteiger partial charge in [-0.05, 0) is 0 Å². The van der Waals surface area contributed by atoms with E-state index >= 15 is 0 Å². The van der Waals surface area contributed by atoms with Gasteiger partial charge in [0.2, 0.25) is 0 Å². The van der Waals surface area contributed by atoms with Crippen molar-refractivity contribution in [1.82, 2.24) is 39.9 Å². The lowest BCUT2D eigenvalue weighted by Crippen LogP contribution is -2.24. The molecule has 8 bridgehead atoms. The lowest BCUT2D eigenvalue weighted by molar-refractivity contribution is 0.526. The number of hydrogen-bond acceptors (Lipinski definition) is 9. The lowest BCUT2D eigenvalue weighted by Gasteiger charge is -2.01. The minimum Gasteiger partial charge on any atom is -0.324 e. The summed E-state index contributed by atoms with van der Waals surface area (Å²) in [6, 6.07) is 28.8. The third-order valence-electron chi connectivity index (χ3n) is 8.09. The summed E-state index contributed by atoms with van der Waals surface area (Å²) in [6.07, 6.45) is 0. The molecular weight excluding hydrogens is 639 g/mol. The zero-order valence-electron chi connectivity index (χ0n) is 23.6. The van der Waals surface area contributed by atoms with Crippen LogP contribution in [-0.4, -0.2) is 62.4 Å². The van der Waals surface area contributed by atoms with Crippen LogP contribution in [0.15, 0.2) is 91.0 Å². The van der Waals surface area contributed by atoms with Crippen molar-refractivity contribution in [3.05, 3.63) is 91.0 Å². The van der Waals surface area contributed by atoms with Gasteiger partial charge in [0.05, 0.1) is 11.9 Å². The molecule has 9 rings (SSSR count). The summed E-state index contributed by atoms with van der Waals surface area (Å²) in [5.41, 5.74) is 5.31. The number of hydrogen-bond donors (Lipinski definition) is 2. The monoisotopic (exact) mass is 656 g/mol. The molecule has 0 spiro atoms. The lowest BCUT2D eigenvalue weighted by atomic mass is 10.1. The Hall–Kier alpha value is -5.03. The molecule has 220 valence electrons. The number of nitrogens with one attached hydrogen (secondary N) is 2. The van der Waals surface area contributed by atoms with E-state index in [0.29, 0.717) is 61.1 Å². The van der Waals surface area contributed by atoms with Gasteiger partial charge in [-0.15, -0.1) is 0 Å². The topological polar surface area (TPSA) is 152 Å². The molecule has 14 heteroatoms. The van der Waals surface area contributed by atoms with Gasteiger partial charge in [-0.3, -0.25) is 0 Å². The average Bonchev–Trinajstić information content (AvgIpc) is 3.81. The van der Waals surface area contributed by atoms with Gasteiger partial charge in [-0.1, -0.05) is 95.4 Å². The molecule has 0 amide bonds. The van der Waals surface area contributed by atoms with E-state index in [1.807, 2.05) is 78.9 Å². The summed E-state index contributed by atoms with van der Waals surface area (Å²) in [4.78, 5) is 36.5. The highest BCUT2D eigenvalue weighted by molar-refractivity contribution is 8.13. The van der Waals surface area contributed by atoms with Crippen molar-refractivity contribution in [2.24, 2.45) is 0 Å². The number of rotatable bonds is 3. The first kappa shape index (κ1) is 27.3. The standard InChI is InChI=1S/C32H17N8.Al.ClO3S.H/c1-2-10-18-17(9-1)25-33-26(18)38-28-21-13-5-6-14-22(21)30(35-28)40-32-24-16-8-7-15-23(24)31(36-32)39-29-20-12-4-3-11-19(20)27(34-29)37-25;;1-4-5(2)3;/h1-15H,(H2,33,34,35,36,37,38,39,40);;;. The van der Waals surface area contributed by atoms with Crippen LogP contribution in [0.3, 0.4) is 0 Å². The summed E-state index contributed by atoms with van der Waals surface area (Å²) >= 11 is 3.30. The molecule has 5 heterocycles. The Balaban J connectivity index is 1.48. The fourth-order valence-electron chi connectivity index (χ4n) is 6.10. The van der Waals surface area contributed by atoms with E-state index in [1.54, 1.807) is 12.1 Å². The smallest absolute Gasteiger partial charge is 0.324 e. The molecule has 2 N–H and O–H groups in total. The molecule has 0 atom stereocenters. The summed E-state index contributed by atoms with van der Waals surface area (Å²) in [7, 11) is -3.94. The third kappa shape index (κ3) is 4.33. The Morgan fingerprint density at radius 3 is 1.43 bits per heavy atom. The molecule has 7 aromatic rings. The maximum atomic E-state index is 12.6. The third-order valence-corrected chi connectivity index (χ3v) is 12.9. The van der Waals surface area contributed by atoms with E-state index < -0.39 is 22.6 Å². The first-order chi connectivity index (χ1) is 22.5. The van der Waals surface area contributed by atoms with Crippen molar-refractivity contribution in [3.8, 4) is 45.6 Å². The van der Waals surface area contributed by atoms with Crippen molar-refractivity contribution in [1.29, 1.82) is 0 Å². The molecule has 4 aromatic carbocycles. The van der Waals surface area contributed by atoms with E-state index in [-0.39, 0.29) is 0 Å². The van der Waals surface area contributed by atoms with Crippen LogP contribution in [0.2, 0.25) is 0 Å². The van der Waals surface area contributed by atoms with Crippen molar-refractivity contribution >= 4 is 83.0 Å². The SMILES string of the molecule is O=[S](=O)(OCl)[AlH][c]1cccc2c3nc4nc(nc5[nH]c(nc6nc(nc([nH]3)c12)-c1ccccc1-6)c1ccccc51)-c1ccccc1-4. The molecule has 0 aliphatic carbocycles. The summed E-state index contributed by atoms with van der Waals surface area (Å²) in [5, 5.41) is 3.04. The highest BCUT2D eigenvalue weighted by Gasteiger charge is 2.25. The predicted octanol–water partition coefficient (Wildman–Crippen LogP) is 5.35. The van der Waals surface area contributed by atoms with E-state index in [9.17, 15) is 8.42 Å². The van der Waals surface area contributed by atoms with Crippen molar-refractivity contribution in [3.63, 3.8) is 0 Å². The molecule has 2 aliphatic heterocycles. The van der Waals surface area contributed by atoms with Crippen LogP contribution >= 0.6 is 11.9 Å². The predicted molar refractivity (Wildman–Crippen MR) is 179 cm³/mol. The highest BCUT2D eigenvalue weighted by atomic mass is 35.5. The number of halogens is 1. The zero-order valence-corrected chi connectivity index (χ0v) is 26.5. The van der Waals surface area contributed by atoms with Crippen LogP contribution in [0.4, 0.5) is 0 Å². The number of fused-ring (bicyclic) bond motifs is 20. The summed E-state index contributed by atoms with van der Waals surface area (Å²) < 4.78 is 30.0. The van der Waals surface area contributed by atoms with Gasteiger partial charge in [0.15, 0.2) is 31.8 Å². The fourth-order valence-corrected chi connectivity index (χ4v) is 9.65. The van der Waals surface area contributed by atoms with Gasteiger partial charge < -0.3 is 9.97 Å². The molecule has 0 radical (unpaired) electrons. The Morgan fingerprint density at radius 1 is 0.522 bits per heavy atom. The van der Waals surface area contributed by atoms with Gasteiger partial charge in [-0.2, -0.15) is 3.74 Å². The second-order valence-corrected chi connectivity index (χ2v) is 16.5. The molecule has 11 nitrogen and oxygen atoms in total. The minimum absolute atomic E-state index is 0.400. The van der Waals surface area contributed by atoms with E-state index in [1.165, 1.54) is 0 Å². The van der Waals surface area contributed by atoms with Gasteiger partial charge >= 0.3 is 14.1 Å². The zero-order chi connectivity index (χ0) is 31.0. The number of aromatic amines is 2. The van der Waals surface area contributed by atoms with E-state index in [2.05, 4.69) is 13.7 Å². The first-order valence-corrected chi connectivity index (χ1v) is 18.5. The van der Waals surface area contributed by atoms with E-state index in [0.717, 1.165) is 33.0 Å². The van der Waals surface area contributed by atoms with Crippen LogP contribution in [0.1, 0.15) is 0 Å². The molecule has 3 aromatic heterocycles. The van der Waals surface area contributed by atoms with Gasteiger partial charge in [0, 0.05) is 43.8 Å². The molecule has 46 heavy (non-hydrogen) atoms. The number of benzene rings is 4. The molecule has 0 fully saturated rings. The van der Waals surface area contributed by atoms with Crippen LogP contribution in [-0.2, 0) is 12.2 Å². The van der Waals surface area contributed by atoms with Gasteiger partial charge in [0.1, 0.15) is 22.6 Å². The quantitative estimate of drug-likeness (QED) is 0.240. The Morgan fingerprint density at radius 2 is 0.935 bits per heavy atom. The van der Waals surface area contributed by atoms with Gasteiger partial charge in [-0.25, -0.2) is 38.3 Å². The van der Waals surface area contributed by atoms with Crippen molar-refractivity contribution in [2.45, 2.75) is 0 Å². The van der Waals surface area contributed by atoms with Crippen LogP contribution in [0.25, 0.3) is 89.7 Å². The number of nitrogens with zero attached hydrogens (tertiary/aromatic N) is 6. The van der Waals surface area contributed by atoms with E-state index in [4.69, 9.17) is 41.8 Å². The molecule has 0 saturated carbocycles. The normalized spacial score (nSPS) is 12.3. The number of aromatic nitrogens is 8. The average molecular weight is 657 g/mol. The molecular formula is C32H18AlClN8O3S. The minimum atomic E-state index is -3.94. The van der Waals surface area contributed by atoms with Crippen LogP contribution < -0.4 is 4.43 Å². The molecule has 0 unspecified atom stereocenters. The fraction of sp³-hybridized carbons (Fsp3) is 0. The largest absolute Gasteiger partial charge is 0.517 e.